The van der Waals surface area contributed by atoms with Crippen molar-refractivity contribution in [3.8, 4) is 28.7 Å². The van der Waals surface area contributed by atoms with Gasteiger partial charge in [0.15, 0.2) is 0 Å². The molecule has 0 aliphatic rings. The summed E-state index contributed by atoms with van der Waals surface area (Å²) in [6, 6.07) is 12.1. The molecule has 0 aliphatic heterocycles. The molecule has 6 nitrogen and oxygen atoms in total. The number of fused-ring (bicyclic) bond motifs is 1. The molecule has 2 aromatic heterocycles. The highest BCUT2D eigenvalue weighted by Crippen LogP contribution is 2.33. The molecule has 0 radical (unpaired) electrons. The maximum absolute atomic E-state index is 12.9. The zero-order valence-electron chi connectivity index (χ0n) is 15.2. The number of aliphatic hydroxyl groups is 1. The Kier molecular flexibility index (Phi) is 4.75. The highest BCUT2D eigenvalue weighted by atomic mass is 19.4. The second-order valence-electron chi connectivity index (χ2n) is 6.59. The molecular weight excluding hydrogens is 387 g/mol. The predicted octanol–water partition coefficient (Wildman–Crippen LogP) is 4.66. The van der Waals surface area contributed by atoms with Crippen LogP contribution >= 0.6 is 0 Å². The van der Waals surface area contributed by atoms with Crippen molar-refractivity contribution in [2.45, 2.75) is 19.2 Å². The van der Waals surface area contributed by atoms with Gasteiger partial charge in [-0.15, -0.1) is 0 Å². The van der Waals surface area contributed by atoms with Crippen molar-refractivity contribution < 1.29 is 27.5 Å². The van der Waals surface area contributed by atoms with Gasteiger partial charge >= 0.3 is 6.18 Å². The first-order chi connectivity index (χ1) is 13.8. The number of ether oxygens (including phenoxy) is 1. The topological polar surface area (TPSA) is 84.2 Å². The van der Waals surface area contributed by atoms with Crippen LogP contribution in [0.3, 0.4) is 0 Å². The molecule has 0 saturated carbocycles. The largest absolute Gasteiger partial charge is 0.491 e. The van der Waals surface area contributed by atoms with Gasteiger partial charge in [0.1, 0.15) is 18.1 Å². The molecule has 29 heavy (non-hydrogen) atoms. The molecule has 0 bridgehead atoms. The van der Waals surface area contributed by atoms with Crippen LogP contribution in [0.4, 0.5) is 13.2 Å². The van der Waals surface area contributed by atoms with Crippen LogP contribution < -0.4 is 4.74 Å². The molecule has 2 heterocycles. The fourth-order valence-electron chi connectivity index (χ4n) is 2.81. The maximum Gasteiger partial charge on any atom is 0.416 e. The second-order valence-corrected chi connectivity index (χ2v) is 6.59. The molecule has 1 unspecified atom stereocenters. The van der Waals surface area contributed by atoms with Crippen molar-refractivity contribution in [2.75, 3.05) is 6.61 Å². The van der Waals surface area contributed by atoms with E-state index in [4.69, 9.17) is 9.26 Å². The van der Waals surface area contributed by atoms with Gasteiger partial charge in [-0.05, 0) is 37.3 Å². The number of hydrogen-bond donors (Lipinski definition) is 2. The molecule has 0 saturated heterocycles. The summed E-state index contributed by atoms with van der Waals surface area (Å²) >= 11 is 0. The highest BCUT2D eigenvalue weighted by Gasteiger charge is 2.30. The van der Waals surface area contributed by atoms with Gasteiger partial charge in [-0.1, -0.05) is 23.4 Å². The third-order valence-corrected chi connectivity index (χ3v) is 4.19. The minimum atomic E-state index is -4.42. The standard InChI is InChI=1S/C20H16F3N3O3/c1-11(27)10-28-15-4-2-3-13(7-15)18-25-19(29-26-18)17-8-12-5-6-14(20(21,22)23)9-16(12)24-17/h2-9,11,24,27H,10H2,1H3. The van der Waals surface area contributed by atoms with E-state index in [1.807, 2.05) is 0 Å². The van der Waals surface area contributed by atoms with Crippen LogP contribution in [-0.2, 0) is 6.18 Å². The van der Waals surface area contributed by atoms with Gasteiger partial charge in [0, 0.05) is 16.5 Å². The summed E-state index contributed by atoms with van der Waals surface area (Å²) in [5.74, 6) is 0.997. The number of aromatic amines is 1. The van der Waals surface area contributed by atoms with E-state index in [9.17, 15) is 18.3 Å². The molecule has 1 atom stereocenters. The zero-order valence-corrected chi connectivity index (χ0v) is 15.2. The number of hydrogen-bond acceptors (Lipinski definition) is 5. The Labute approximate surface area is 162 Å². The Morgan fingerprint density at radius 2 is 2.00 bits per heavy atom. The number of H-pyrrole nitrogens is 1. The minimum Gasteiger partial charge on any atom is -0.491 e. The number of aromatic nitrogens is 3. The first-order valence-electron chi connectivity index (χ1n) is 8.75. The zero-order chi connectivity index (χ0) is 20.6. The maximum atomic E-state index is 12.9. The van der Waals surface area contributed by atoms with Gasteiger partial charge in [0.2, 0.25) is 5.82 Å². The van der Waals surface area contributed by atoms with E-state index in [0.29, 0.717) is 33.7 Å². The van der Waals surface area contributed by atoms with Gasteiger partial charge in [-0.3, -0.25) is 0 Å². The molecule has 0 spiro atoms. The lowest BCUT2D eigenvalue weighted by Crippen LogP contribution is -2.12. The summed E-state index contributed by atoms with van der Waals surface area (Å²) in [7, 11) is 0. The average molecular weight is 403 g/mol. The summed E-state index contributed by atoms with van der Waals surface area (Å²) in [5.41, 5.74) is 0.639. The van der Waals surface area contributed by atoms with Gasteiger partial charge in [0.05, 0.1) is 11.7 Å². The number of aliphatic hydroxyl groups excluding tert-OH is 1. The molecule has 0 fully saturated rings. The summed E-state index contributed by atoms with van der Waals surface area (Å²) in [6.45, 7) is 1.77. The fraction of sp³-hybridized carbons (Fsp3) is 0.200. The molecular formula is C20H16F3N3O3. The number of nitrogens with zero attached hydrogens (tertiary/aromatic N) is 2. The van der Waals surface area contributed by atoms with Crippen LogP contribution in [0.25, 0.3) is 33.9 Å². The number of alkyl halides is 3. The molecule has 0 amide bonds. The van der Waals surface area contributed by atoms with E-state index in [-0.39, 0.29) is 12.5 Å². The Morgan fingerprint density at radius 3 is 2.76 bits per heavy atom. The first-order valence-corrected chi connectivity index (χ1v) is 8.75. The number of halogens is 3. The molecule has 4 rings (SSSR count). The highest BCUT2D eigenvalue weighted by molar-refractivity contribution is 5.85. The van der Waals surface area contributed by atoms with Crippen LogP contribution in [-0.4, -0.2) is 32.9 Å². The summed E-state index contributed by atoms with van der Waals surface area (Å²) < 4.78 is 49.4. The van der Waals surface area contributed by atoms with E-state index in [2.05, 4.69) is 15.1 Å². The normalized spacial score (nSPS) is 13.0. The number of nitrogens with one attached hydrogen (secondary N) is 1. The van der Waals surface area contributed by atoms with Gasteiger partial charge < -0.3 is 19.4 Å². The van der Waals surface area contributed by atoms with Gasteiger partial charge in [-0.25, -0.2) is 0 Å². The third-order valence-electron chi connectivity index (χ3n) is 4.19. The van der Waals surface area contributed by atoms with Crippen LogP contribution in [0.1, 0.15) is 12.5 Å². The monoisotopic (exact) mass is 403 g/mol. The van der Waals surface area contributed by atoms with Crippen molar-refractivity contribution in [1.82, 2.24) is 15.1 Å². The summed E-state index contributed by atoms with van der Waals surface area (Å²) in [6.07, 6.45) is -5.02. The lowest BCUT2D eigenvalue weighted by Gasteiger charge is -2.08. The van der Waals surface area contributed by atoms with Gasteiger partial charge in [0.25, 0.3) is 5.89 Å². The van der Waals surface area contributed by atoms with Crippen molar-refractivity contribution in [3.63, 3.8) is 0 Å². The lowest BCUT2D eigenvalue weighted by atomic mass is 10.1. The number of benzene rings is 2. The quantitative estimate of drug-likeness (QED) is 0.506. The van der Waals surface area contributed by atoms with E-state index >= 15 is 0 Å². The van der Waals surface area contributed by atoms with Gasteiger partial charge in [-0.2, -0.15) is 18.2 Å². The molecule has 2 N–H and O–H groups in total. The van der Waals surface area contributed by atoms with Crippen molar-refractivity contribution in [1.29, 1.82) is 0 Å². The molecule has 150 valence electrons. The third kappa shape index (κ3) is 4.09. The molecule has 2 aromatic carbocycles. The minimum absolute atomic E-state index is 0.149. The van der Waals surface area contributed by atoms with Crippen LogP contribution in [0.2, 0.25) is 0 Å². The Hall–Kier alpha value is -3.33. The Bertz CT molecular complexity index is 1150. The van der Waals surface area contributed by atoms with Crippen molar-refractivity contribution >= 4 is 10.9 Å². The van der Waals surface area contributed by atoms with E-state index in [1.165, 1.54) is 6.07 Å². The lowest BCUT2D eigenvalue weighted by molar-refractivity contribution is -0.137. The second kappa shape index (κ2) is 7.25. The average Bonchev–Trinajstić information content (AvgIpc) is 3.32. The number of rotatable bonds is 5. The smallest absolute Gasteiger partial charge is 0.416 e. The summed E-state index contributed by atoms with van der Waals surface area (Å²) in [4.78, 5) is 7.20. The first kappa shape index (κ1) is 19.0. The van der Waals surface area contributed by atoms with E-state index in [0.717, 1.165) is 12.1 Å². The van der Waals surface area contributed by atoms with Crippen LogP contribution in [0.15, 0.2) is 53.1 Å². The predicted molar refractivity (Wildman–Crippen MR) is 99.2 cm³/mol. The molecule has 9 heteroatoms. The van der Waals surface area contributed by atoms with E-state index in [1.54, 1.807) is 37.3 Å². The van der Waals surface area contributed by atoms with Crippen LogP contribution in [0, 0.1) is 0 Å². The SMILES string of the molecule is CC(O)COc1cccc(-c2noc(-c3cc4ccc(C(F)(F)F)cc4[nH]3)n2)c1. The van der Waals surface area contributed by atoms with Crippen LogP contribution in [0.5, 0.6) is 5.75 Å². The Morgan fingerprint density at radius 1 is 1.17 bits per heavy atom. The Balaban J connectivity index is 1.61. The van der Waals surface area contributed by atoms with Crippen molar-refractivity contribution in [3.05, 3.63) is 54.1 Å². The fourth-order valence-corrected chi connectivity index (χ4v) is 2.81. The molecule has 4 aromatic rings. The summed E-state index contributed by atoms with van der Waals surface area (Å²) in [5, 5.41) is 13.9. The van der Waals surface area contributed by atoms with Crippen molar-refractivity contribution in [2.24, 2.45) is 0 Å². The molecule has 0 aliphatic carbocycles. The van der Waals surface area contributed by atoms with E-state index < -0.39 is 17.8 Å².